The maximum atomic E-state index is 12.0. The van der Waals surface area contributed by atoms with Crippen molar-refractivity contribution < 1.29 is 22.4 Å². The quantitative estimate of drug-likeness (QED) is 0.761. The Labute approximate surface area is 130 Å². The number of nitrogens with zero attached hydrogens (tertiary/aromatic N) is 2. The van der Waals surface area contributed by atoms with Gasteiger partial charge in [-0.1, -0.05) is 0 Å². The van der Waals surface area contributed by atoms with E-state index in [1.165, 1.54) is 18.7 Å². The van der Waals surface area contributed by atoms with Crippen molar-refractivity contribution in [3.05, 3.63) is 27.1 Å². The third-order valence-electron chi connectivity index (χ3n) is 2.70. The van der Waals surface area contributed by atoms with Gasteiger partial charge in [0.2, 0.25) is 15.9 Å². The molecule has 0 aliphatic carbocycles. The lowest BCUT2D eigenvalue weighted by Gasteiger charge is -2.17. The van der Waals surface area contributed by atoms with E-state index < -0.39 is 27.4 Å². The van der Waals surface area contributed by atoms with E-state index in [0.717, 1.165) is 4.68 Å². The molecule has 0 saturated heterocycles. The molecule has 2 heterocycles. The van der Waals surface area contributed by atoms with Gasteiger partial charge in [-0.15, -0.1) is 16.9 Å². The van der Waals surface area contributed by atoms with Crippen molar-refractivity contribution >= 4 is 27.7 Å². The van der Waals surface area contributed by atoms with E-state index in [-0.39, 0.29) is 17.3 Å². The third-order valence-corrected chi connectivity index (χ3v) is 5.05. The Kier molecular flexibility index (Phi) is 4.96. The Hall–Kier alpha value is -1.75. The monoisotopic (exact) mass is 349 g/mol. The number of carbonyl (C=O) groups is 1. The number of aromatic nitrogens is 2. The van der Waals surface area contributed by atoms with E-state index in [2.05, 4.69) is 9.52 Å². The second kappa shape index (κ2) is 6.57. The van der Waals surface area contributed by atoms with Crippen LogP contribution in [0.5, 0.6) is 0 Å². The van der Waals surface area contributed by atoms with Gasteiger partial charge in [0, 0.05) is 12.7 Å². The lowest BCUT2D eigenvalue weighted by molar-refractivity contribution is -0.115. The molecule has 11 heteroatoms. The average Bonchev–Trinajstić information content (AvgIpc) is 2.75. The molecule has 122 valence electrons. The second-order valence-electron chi connectivity index (χ2n) is 4.44. The number of nitrogens with one attached hydrogen (secondary N) is 1. The highest BCUT2D eigenvalue weighted by atomic mass is 32.2. The van der Waals surface area contributed by atoms with Crippen molar-refractivity contribution in [2.75, 3.05) is 18.1 Å². The topological polar surface area (TPSA) is 121 Å². The first-order valence-electron chi connectivity index (χ1n) is 6.34. The van der Waals surface area contributed by atoms with Crippen molar-refractivity contribution in [1.29, 1.82) is 0 Å². The first-order valence-corrected chi connectivity index (χ1v) is 8.98. The number of thioether (sulfide) groups is 1. The molecule has 0 spiro atoms. The molecule has 0 atom stereocenters. The van der Waals surface area contributed by atoms with Crippen molar-refractivity contribution in [3.63, 3.8) is 0 Å². The van der Waals surface area contributed by atoms with Gasteiger partial charge in [0.05, 0.1) is 18.9 Å². The number of hydrogen-bond donors (Lipinski definition) is 1. The van der Waals surface area contributed by atoms with Crippen LogP contribution in [0.15, 0.2) is 19.9 Å². The predicted molar refractivity (Wildman–Crippen MR) is 78.5 cm³/mol. The smallest absolute Gasteiger partial charge is 0.437 e. The molecular weight excluding hydrogens is 334 g/mol. The van der Waals surface area contributed by atoms with Crippen LogP contribution in [-0.2, 0) is 26.1 Å². The standard InChI is InChI=1S/C11H15N3O6S2/c1-7-9(21-5-4-19-7)10(15)13-22(17,18)6-3-14-11(16)20-8(2)12-14/h3-6H2,1-2H3,(H,13,15). The molecule has 0 radical (unpaired) electrons. The third kappa shape index (κ3) is 4.13. The highest BCUT2D eigenvalue weighted by Crippen LogP contribution is 2.25. The first kappa shape index (κ1) is 16.6. The van der Waals surface area contributed by atoms with Crippen molar-refractivity contribution in [2.45, 2.75) is 20.4 Å². The van der Waals surface area contributed by atoms with Gasteiger partial charge < -0.3 is 9.15 Å². The number of ether oxygens (including phenoxy) is 1. The number of rotatable bonds is 5. The maximum Gasteiger partial charge on any atom is 0.437 e. The van der Waals surface area contributed by atoms with Crippen LogP contribution in [0.4, 0.5) is 0 Å². The summed E-state index contributed by atoms with van der Waals surface area (Å²) < 4.78 is 36.5. The average molecular weight is 349 g/mol. The Morgan fingerprint density at radius 2 is 2.18 bits per heavy atom. The zero-order valence-electron chi connectivity index (χ0n) is 12.0. The van der Waals surface area contributed by atoms with E-state index in [4.69, 9.17) is 4.74 Å². The van der Waals surface area contributed by atoms with Gasteiger partial charge in [-0.05, 0) is 6.92 Å². The fraction of sp³-hybridized carbons (Fsp3) is 0.545. The second-order valence-corrected chi connectivity index (χ2v) is 7.39. The number of allylic oxidation sites excluding steroid dienone is 1. The summed E-state index contributed by atoms with van der Waals surface area (Å²) in [7, 11) is -3.90. The minimum Gasteiger partial charge on any atom is -0.496 e. The van der Waals surface area contributed by atoms with Gasteiger partial charge in [-0.2, -0.15) is 4.68 Å². The van der Waals surface area contributed by atoms with Gasteiger partial charge >= 0.3 is 5.76 Å². The Bertz CT molecular complexity index is 761. The van der Waals surface area contributed by atoms with E-state index in [0.29, 0.717) is 18.1 Å². The first-order chi connectivity index (χ1) is 10.3. The highest BCUT2D eigenvalue weighted by molar-refractivity contribution is 8.04. The summed E-state index contributed by atoms with van der Waals surface area (Å²) in [6.07, 6.45) is 0. The van der Waals surface area contributed by atoms with E-state index in [1.54, 1.807) is 6.92 Å². The number of aryl methyl sites for hydroxylation is 2. The van der Waals surface area contributed by atoms with Crippen molar-refractivity contribution in [1.82, 2.24) is 14.5 Å². The summed E-state index contributed by atoms with van der Waals surface area (Å²) in [4.78, 5) is 23.5. The molecule has 2 rings (SSSR count). The molecule has 1 aliphatic rings. The van der Waals surface area contributed by atoms with Crippen LogP contribution < -0.4 is 10.5 Å². The summed E-state index contributed by atoms with van der Waals surface area (Å²) >= 11 is 1.24. The molecular formula is C11H15N3O6S2. The Morgan fingerprint density at radius 1 is 1.45 bits per heavy atom. The van der Waals surface area contributed by atoms with Gasteiger partial charge in [-0.3, -0.25) is 4.79 Å². The summed E-state index contributed by atoms with van der Waals surface area (Å²) in [5, 5.41) is 3.72. The van der Waals surface area contributed by atoms with E-state index in [9.17, 15) is 18.0 Å². The molecule has 0 aromatic carbocycles. The summed E-state index contributed by atoms with van der Waals surface area (Å²) in [6, 6.07) is 0. The zero-order chi connectivity index (χ0) is 16.3. The number of carbonyl (C=O) groups excluding carboxylic acids is 1. The van der Waals surface area contributed by atoms with Gasteiger partial charge in [0.25, 0.3) is 5.91 Å². The van der Waals surface area contributed by atoms with Crippen LogP contribution >= 0.6 is 11.8 Å². The number of sulfonamides is 1. The molecule has 0 unspecified atom stereocenters. The lowest BCUT2D eigenvalue weighted by atomic mass is 10.4. The van der Waals surface area contributed by atoms with Gasteiger partial charge in [-0.25, -0.2) is 17.9 Å². The molecule has 0 bridgehead atoms. The molecule has 9 nitrogen and oxygen atoms in total. The fourth-order valence-corrected chi connectivity index (χ4v) is 3.51. The van der Waals surface area contributed by atoms with Crippen LogP contribution in [0.25, 0.3) is 0 Å². The minimum absolute atomic E-state index is 0.142. The molecule has 1 aromatic heterocycles. The molecule has 1 amide bonds. The van der Waals surface area contributed by atoms with E-state index in [1.807, 2.05) is 4.72 Å². The number of hydrogen-bond acceptors (Lipinski definition) is 8. The zero-order valence-corrected chi connectivity index (χ0v) is 13.6. The van der Waals surface area contributed by atoms with E-state index >= 15 is 0 Å². The van der Waals surface area contributed by atoms with Crippen LogP contribution in [0, 0.1) is 6.92 Å². The largest absolute Gasteiger partial charge is 0.496 e. The molecule has 0 fully saturated rings. The van der Waals surface area contributed by atoms with Crippen molar-refractivity contribution in [2.24, 2.45) is 0 Å². The molecule has 0 saturated carbocycles. The SMILES string of the molecule is CC1=C(C(=O)NS(=O)(=O)CCn2nc(C)oc2=O)SCCO1. The fourth-order valence-electron chi connectivity index (χ4n) is 1.73. The minimum atomic E-state index is -3.90. The number of amides is 1. The normalized spacial score (nSPS) is 15.5. The van der Waals surface area contributed by atoms with Crippen LogP contribution in [-0.4, -0.2) is 42.2 Å². The Balaban J connectivity index is 2.00. The highest BCUT2D eigenvalue weighted by Gasteiger charge is 2.23. The molecule has 1 aliphatic heterocycles. The van der Waals surface area contributed by atoms with Gasteiger partial charge in [0.15, 0.2) is 0 Å². The summed E-state index contributed by atoms with van der Waals surface area (Å²) in [6.45, 7) is 3.35. The van der Waals surface area contributed by atoms with Crippen LogP contribution in [0.2, 0.25) is 0 Å². The molecule has 22 heavy (non-hydrogen) atoms. The van der Waals surface area contributed by atoms with Gasteiger partial charge in [0.1, 0.15) is 10.7 Å². The Morgan fingerprint density at radius 3 is 2.77 bits per heavy atom. The predicted octanol–water partition coefficient (Wildman–Crippen LogP) is -0.414. The van der Waals surface area contributed by atoms with Crippen molar-refractivity contribution in [3.8, 4) is 0 Å². The maximum absolute atomic E-state index is 12.0. The van der Waals surface area contributed by atoms with Crippen LogP contribution in [0.1, 0.15) is 12.8 Å². The summed E-state index contributed by atoms with van der Waals surface area (Å²) in [5.41, 5.74) is 0. The summed E-state index contributed by atoms with van der Waals surface area (Å²) in [5.74, 6) is -0.828. The molecule has 1 aromatic rings. The van der Waals surface area contributed by atoms with Crippen LogP contribution in [0.3, 0.4) is 0 Å². The lowest BCUT2D eigenvalue weighted by Crippen LogP contribution is -2.36. The molecule has 1 N–H and O–H groups in total.